The molecule has 0 fully saturated rings. The van der Waals surface area contributed by atoms with Gasteiger partial charge in [0.05, 0.1) is 5.92 Å². The normalized spacial score (nSPS) is 14.3. The molecule has 0 aliphatic rings. The van der Waals surface area contributed by atoms with Gasteiger partial charge in [-0.05, 0) is 30.4 Å². The molecule has 0 saturated heterocycles. The van der Waals surface area contributed by atoms with Crippen LogP contribution in [0.25, 0.3) is 0 Å². The summed E-state index contributed by atoms with van der Waals surface area (Å²) in [6, 6.07) is 7.57. The zero-order valence-electron chi connectivity index (χ0n) is 9.90. The molecule has 2 atom stereocenters. The topological polar surface area (TPSA) is 63.3 Å². The summed E-state index contributed by atoms with van der Waals surface area (Å²) in [6.07, 6.45) is 1.39. The average Bonchev–Trinajstić information content (AvgIpc) is 2.31. The summed E-state index contributed by atoms with van der Waals surface area (Å²) in [4.78, 5) is 11.0. The molecule has 1 rings (SSSR count). The van der Waals surface area contributed by atoms with Gasteiger partial charge in [-0.25, -0.2) is 0 Å². The number of rotatable bonds is 6. The first-order valence-corrected chi connectivity index (χ1v) is 6.15. The van der Waals surface area contributed by atoms with Gasteiger partial charge in [-0.1, -0.05) is 36.7 Å². The number of benzene rings is 1. The zero-order chi connectivity index (χ0) is 12.8. The van der Waals surface area contributed by atoms with Crippen LogP contribution in [0.2, 0.25) is 5.02 Å². The number of halogens is 1. The van der Waals surface area contributed by atoms with Crippen LogP contribution in [0.1, 0.15) is 31.2 Å². The van der Waals surface area contributed by atoms with E-state index in [-0.39, 0.29) is 12.5 Å². The third kappa shape index (κ3) is 3.72. The Morgan fingerprint density at radius 2 is 2.12 bits per heavy atom. The largest absolute Gasteiger partial charge is 0.481 e. The van der Waals surface area contributed by atoms with Gasteiger partial charge in [-0.2, -0.15) is 0 Å². The summed E-state index contributed by atoms with van der Waals surface area (Å²) < 4.78 is 0. The van der Waals surface area contributed by atoms with Gasteiger partial charge >= 0.3 is 5.97 Å². The molecule has 0 heterocycles. The van der Waals surface area contributed by atoms with E-state index in [0.29, 0.717) is 11.4 Å². The lowest BCUT2D eigenvalue weighted by molar-refractivity contribution is -0.141. The first kappa shape index (κ1) is 14.0. The molecule has 0 saturated carbocycles. The predicted molar refractivity (Wildman–Crippen MR) is 69.3 cm³/mol. The second-order valence-corrected chi connectivity index (χ2v) is 4.54. The third-order valence-corrected chi connectivity index (χ3v) is 3.38. The van der Waals surface area contributed by atoms with Crippen molar-refractivity contribution in [3.8, 4) is 0 Å². The van der Waals surface area contributed by atoms with Gasteiger partial charge in [0, 0.05) is 11.6 Å². The summed E-state index contributed by atoms with van der Waals surface area (Å²) in [5.41, 5.74) is 6.49. The first-order chi connectivity index (χ1) is 8.10. The van der Waals surface area contributed by atoms with E-state index in [9.17, 15) is 4.79 Å². The fraction of sp³-hybridized carbons (Fsp3) is 0.462. The molecule has 0 bridgehead atoms. The fourth-order valence-corrected chi connectivity index (χ4v) is 2.25. The van der Waals surface area contributed by atoms with Crippen molar-refractivity contribution in [3.05, 3.63) is 34.9 Å². The van der Waals surface area contributed by atoms with E-state index in [4.69, 9.17) is 22.4 Å². The summed E-state index contributed by atoms with van der Waals surface area (Å²) in [6.45, 7) is 2.19. The molecular formula is C13H18ClNO2. The Morgan fingerprint density at radius 1 is 1.47 bits per heavy atom. The standard InChI is InChI=1S/C13H18ClNO2/c1-2-9(7-10(8-15)13(16)17)11-5-3-4-6-12(11)14/h3-6,9-10H,2,7-8,15H2,1H3,(H,16,17). The number of hydrogen-bond donors (Lipinski definition) is 2. The summed E-state index contributed by atoms with van der Waals surface area (Å²) in [7, 11) is 0. The Balaban J connectivity index is 2.85. The summed E-state index contributed by atoms with van der Waals surface area (Å²) >= 11 is 6.13. The van der Waals surface area contributed by atoms with Crippen LogP contribution in [0.5, 0.6) is 0 Å². The second kappa shape index (κ2) is 6.62. The molecule has 0 aliphatic heterocycles. The Hall–Kier alpha value is -1.06. The van der Waals surface area contributed by atoms with E-state index >= 15 is 0 Å². The third-order valence-electron chi connectivity index (χ3n) is 3.04. The van der Waals surface area contributed by atoms with Crippen molar-refractivity contribution < 1.29 is 9.90 Å². The van der Waals surface area contributed by atoms with Gasteiger partial charge in [-0.15, -0.1) is 0 Å². The smallest absolute Gasteiger partial charge is 0.307 e. The minimum atomic E-state index is -0.835. The highest BCUT2D eigenvalue weighted by molar-refractivity contribution is 6.31. The van der Waals surface area contributed by atoms with Crippen molar-refractivity contribution in [3.63, 3.8) is 0 Å². The molecule has 1 aromatic rings. The quantitative estimate of drug-likeness (QED) is 0.822. The highest BCUT2D eigenvalue weighted by atomic mass is 35.5. The molecule has 17 heavy (non-hydrogen) atoms. The van der Waals surface area contributed by atoms with E-state index in [1.165, 1.54) is 0 Å². The van der Waals surface area contributed by atoms with Crippen molar-refractivity contribution in [1.29, 1.82) is 0 Å². The number of aliphatic carboxylic acids is 1. The fourth-order valence-electron chi connectivity index (χ4n) is 1.96. The molecule has 2 unspecified atom stereocenters. The van der Waals surface area contributed by atoms with Crippen LogP contribution in [-0.4, -0.2) is 17.6 Å². The van der Waals surface area contributed by atoms with Gasteiger partial charge in [0.1, 0.15) is 0 Å². The number of hydrogen-bond acceptors (Lipinski definition) is 2. The van der Waals surface area contributed by atoms with Gasteiger partial charge < -0.3 is 10.8 Å². The van der Waals surface area contributed by atoms with Crippen molar-refractivity contribution in [2.24, 2.45) is 11.7 Å². The second-order valence-electron chi connectivity index (χ2n) is 4.13. The summed E-state index contributed by atoms with van der Waals surface area (Å²) in [5, 5.41) is 9.72. The van der Waals surface area contributed by atoms with E-state index in [1.54, 1.807) is 0 Å². The summed E-state index contributed by atoms with van der Waals surface area (Å²) in [5.74, 6) is -1.19. The van der Waals surface area contributed by atoms with E-state index < -0.39 is 11.9 Å². The number of carbonyl (C=O) groups is 1. The lowest BCUT2D eigenvalue weighted by atomic mass is 9.87. The van der Waals surface area contributed by atoms with E-state index in [2.05, 4.69) is 0 Å². The highest BCUT2D eigenvalue weighted by Crippen LogP contribution is 2.31. The Labute approximate surface area is 107 Å². The van der Waals surface area contributed by atoms with Gasteiger partial charge in [0.2, 0.25) is 0 Å². The maximum absolute atomic E-state index is 11.0. The molecule has 0 aromatic heterocycles. The molecule has 0 radical (unpaired) electrons. The van der Waals surface area contributed by atoms with Crippen LogP contribution in [0.3, 0.4) is 0 Å². The molecule has 1 aromatic carbocycles. The van der Waals surface area contributed by atoms with Gasteiger partial charge in [-0.3, -0.25) is 4.79 Å². The van der Waals surface area contributed by atoms with E-state index in [0.717, 1.165) is 12.0 Å². The van der Waals surface area contributed by atoms with Crippen LogP contribution in [0, 0.1) is 5.92 Å². The first-order valence-electron chi connectivity index (χ1n) is 5.77. The van der Waals surface area contributed by atoms with Crippen LogP contribution in [0.4, 0.5) is 0 Å². The van der Waals surface area contributed by atoms with Crippen molar-refractivity contribution in [1.82, 2.24) is 0 Å². The van der Waals surface area contributed by atoms with Crippen molar-refractivity contribution >= 4 is 17.6 Å². The Bertz CT molecular complexity index is 381. The minimum Gasteiger partial charge on any atom is -0.481 e. The van der Waals surface area contributed by atoms with Crippen molar-refractivity contribution in [2.45, 2.75) is 25.7 Å². The van der Waals surface area contributed by atoms with E-state index in [1.807, 2.05) is 31.2 Å². The highest BCUT2D eigenvalue weighted by Gasteiger charge is 2.22. The van der Waals surface area contributed by atoms with Gasteiger partial charge in [0.15, 0.2) is 0 Å². The molecule has 3 nitrogen and oxygen atoms in total. The number of carboxylic acids is 1. The average molecular weight is 256 g/mol. The SMILES string of the molecule is CCC(CC(CN)C(=O)O)c1ccccc1Cl. The van der Waals surface area contributed by atoms with Gasteiger partial charge in [0.25, 0.3) is 0 Å². The lowest BCUT2D eigenvalue weighted by Crippen LogP contribution is -2.25. The molecule has 0 spiro atoms. The van der Waals surface area contributed by atoms with Crippen LogP contribution in [0.15, 0.2) is 24.3 Å². The van der Waals surface area contributed by atoms with Crippen LogP contribution in [-0.2, 0) is 4.79 Å². The maximum atomic E-state index is 11.0. The molecule has 0 aliphatic carbocycles. The Kier molecular flexibility index (Phi) is 5.45. The molecule has 4 heteroatoms. The van der Waals surface area contributed by atoms with Crippen LogP contribution < -0.4 is 5.73 Å². The maximum Gasteiger partial charge on any atom is 0.307 e. The molecule has 3 N–H and O–H groups in total. The molecular weight excluding hydrogens is 238 g/mol. The van der Waals surface area contributed by atoms with Crippen LogP contribution >= 0.6 is 11.6 Å². The monoisotopic (exact) mass is 255 g/mol. The van der Waals surface area contributed by atoms with Crippen molar-refractivity contribution in [2.75, 3.05) is 6.54 Å². The number of nitrogens with two attached hydrogens (primary N) is 1. The molecule has 0 amide bonds. The predicted octanol–water partition coefficient (Wildman–Crippen LogP) is 2.88. The lowest BCUT2D eigenvalue weighted by Gasteiger charge is -2.20. The zero-order valence-corrected chi connectivity index (χ0v) is 10.7. The Morgan fingerprint density at radius 3 is 2.59 bits per heavy atom. The minimum absolute atomic E-state index is 0.147. The molecule has 94 valence electrons. The number of carboxylic acid groups (broad SMARTS) is 1.